The van der Waals surface area contributed by atoms with Crippen LogP contribution in [0.25, 0.3) is 0 Å². The van der Waals surface area contributed by atoms with E-state index in [0.717, 1.165) is 22.6 Å². The van der Waals surface area contributed by atoms with Gasteiger partial charge in [-0.25, -0.2) is 0 Å². The number of rotatable bonds is 4. The number of hydrogen-bond donors (Lipinski definition) is 2. The predicted octanol–water partition coefficient (Wildman–Crippen LogP) is 2.70. The Kier molecular flexibility index (Phi) is 4.11. The number of amides is 1. The topological polar surface area (TPSA) is 59.6 Å². The lowest BCUT2D eigenvalue weighted by atomic mass is 10.1. The van der Waals surface area contributed by atoms with Crippen LogP contribution in [0.15, 0.2) is 24.6 Å². The van der Waals surface area contributed by atoms with Gasteiger partial charge in [-0.05, 0) is 51.5 Å². The SMILES string of the molecule is C=C(NCc1ccc2c(c1C)OCC(=O)N2)OC(C)(C)C. The normalized spacial score (nSPS) is 13.8. The molecule has 0 spiro atoms. The molecule has 2 rings (SSSR count). The van der Waals surface area contributed by atoms with Gasteiger partial charge in [0.1, 0.15) is 11.4 Å². The predicted molar refractivity (Wildman–Crippen MR) is 82.1 cm³/mol. The van der Waals surface area contributed by atoms with Crippen LogP contribution in [0.5, 0.6) is 5.75 Å². The molecular weight excluding hydrogens is 268 g/mol. The van der Waals surface area contributed by atoms with Crippen LogP contribution >= 0.6 is 0 Å². The van der Waals surface area contributed by atoms with E-state index >= 15 is 0 Å². The minimum Gasteiger partial charge on any atom is -0.481 e. The first-order valence-corrected chi connectivity index (χ1v) is 6.93. The van der Waals surface area contributed by atoms with Crippen molar-refractivity contribution in [2.45, 2.75) is 39.8 Å². The molecule has 1 aromatic rings. The average Bonchev–Trinajstić information content (AvgIpc) is 2.35. The summed E-state index contributed by atoms with van der Waals surface area (Å²) in [7, 11) is 0. The molecule has 1 aliphatic heterocycles. The highest BCUT2D eigenvalue weighted by Crippen LogP contribution is 2.33. The van der Waals surface area contributed by atoms with Crippen molar-refractivity contribution in [1.82, 2.24) is 5.32 Å². The second-order valence-corrected chi connectivity index (χ2v) is 6.05. The van der Waals surface area contributed by atoms with Gasteiger partial charge in [-0.3, -0.25) is 4.79 Å². The molecule has 0 radical (unpaired) electrons. The van der Waals surface area contributed by atoms with E-state index in [4.69, 9.17) is 9.47 Å². The summed E-state index contributed by atoms with van der Waals surface area (Å²) in [5.41, 5.74) is 2.52. The minimum absolute atomic E-state index is 0.0601. The maximum atomic E-state index is 11.3. The van der Waals surface area contributed by atoms with Gasteiger partial charge in [0.25, 0.3) is 5.91 Å². The number of benzene rings is 1. The van der Waals surface area contributed by atoms with E-state index in [1.54, 1.807) is 0 Å². The summed E-state index contributed by atoms with van der Waals surface area (Å²) >= 11 is 0. The Balaban J connectivity index is 2.05. The molecular formula is C16H22N2O3. The monoisotopic (exact) mass is 290 g/mol. The molecule has 0 saturated heterocycles. The summed E-state index contributed by atoms with van der Waals surface area (Å²) in [6.07, 6.45) is 0. The third kappa shape index (κ3) is 3.90. The molecule has 1 aliphatic rings. The van der Waals surface area contributed by atoms with Gasteiger partial charge < -0.3 is 20.1 Å². The van der Waals surface area contributed by atoms with Crippen molar-refractivity contribution in [2.75, 3.05) is 11.9 Å². The summed E-state index contributed by atoms with van der Waals surface area (Å²) in [4.78, 5) is 11.3. The Morgan fingerprint density at radius 3 is 2.86 bits per heavy atom. The molecule has 1 heterocycles. The van der Waals surface area contributed by atoms with Crippen LogP contribution in [-0.4, -0.2) is 18.1 Å². The number of carbonyl (C=O) groups is 1. The number of carbonyl (C=O) groups excluding carboxylic acids is 1. The summed E-state index contributed by atoms with van der Waals surface area (Å²) in [5.74, 6) is 1.14. The van der Waals surface area contributed by atoms with Crippen LogP contribution < -0.4 is 15.4 Å². The largest absolute Gasteiger partial charge is 0.481 e. The van der Waals surface area contributed by atoms with Gasteiger partial charge in [0, 0.05) is 6.54 Å². The fourth-order valence-electron chi connectivity index (χ4n) is 2.13. The number of ether oxygens (including phenoxy) is 2. The molecule has 5 heteroatoms. The summed E-state index contributed by atoms with van der Waals surface area (Å²) < 4.78 is 11.1. The first-order valence-electron chi connectivity index (χ1n) is 6.93. The molecule has 0 aromatic heterocycles. The third-order valence-electron chi connectivity index (χ3n) is 3.05. The van der Waals surface area contributed by atoms with E-state index in [1.807, 2.05) is 39.8 Å². The average molecular weight is 290 g/mol. The zero-order valence-corrected chi connectivity index (χ0v) is 13.0. The lowest BCUT2D eigenvalue weighted by Crippen LogP contribution is -2.27. The summed E-state index contributed by atoms with van der Waals surface area (Å²) in [6, 6.07) is 3.81. The molecule has 1 aromatic carbocycles. The lowest BCUT2D eigenvalue weighted by molar-refractivity contribution is -0.118. The molecule has 1 amide bonds. The van der Waals surface area contributed by atoms with Gasteiger partial charge in [0.2, 0.25) is 0 Å². The maximum Gasteiger partial charge on any atom is 0.262 e. The number of fused-ring (bicyclic) bond motifs is 1. The van der Waals surface area contributed by atoms with Gasteiger partial charge in [-0.1, -0.05) is 6.07 Å². The van der Waals surface area contributed by atoms with Crippen molar-refractivity contribution in [1.29, 1.82) is 0 Å². The fourth-order valence-corrected chi connectivity index (χ4v) is 2.13. The standard InChI is InChI=1S/C16H22N2O3/c1-10-12(8-17-11(2)21-16(3,4)5)6-7-13-15(10)20-9-14(19)18-13/h6-7,17H,2,8-9H2,1,3-5H3,(H,18,19). The molecule has 0 atom stereocenters. The molecule has 0 fully saturated rings. The van der Waals surface area contributed by atoms with Gasteiger partial charge in [-0.2, -0.15) is 0 Å². The van der Waals surface area contributed by atoms with Crippen molar-refractivity contribution in [3.63, 3.8) is 0 Å². The molecule has 2 N–H and O–H groups in total. The van der Waals surface area contributed by atoms with Gasteiger partial charge in [-0.15, -0.1) is 0 Å². The Bertz CT molecular complexity index is 574. The third-order valence-corrected chi connectivity index (χ3v) is 3.05. The molecule has 21 heavy (non-hydrogen) atoms. The molecule has 114 valence electrons. The van der Waals surface area contributed by atoms with Crippen LogP contribution in [0.1, 0.15) is 31.9 Å². The quantitative estimate of drug-likeness (QED) is 0.837. The highest BCUT2D eigenvalue weighted by molar-refractivity contribution is 5.95. The van der Waals surface area contributed by atoms with Crippen molar-refractivity contribution in [3.05, 3.63) is 35.7 Å². The Hall–Kier alpha value is -2.17. The highest BCUT2D eigenvalue weighted by atomic mass is 16.5. The molecule has 0 saturated carbocycles. The van der Waals surface area contributed by atoms with E-state index in [0.29, 0.717) is 12.4 Å². The van der Waals surface area contributed by atoms with E-state index in [-0.39, 0.29) is 18.1 Å². The van der Waals surface area contributed by atoms with Crippen LogP contribution in [0.4, 0.5) is 5.69 Å². The first-order chi connectivity index (χ1) is 9.76. The van der Waals surface area contributed by atoms with Gasteiger partial charge in [0.05, 0.1) is 5.69 Å². The molecule has 0 unspecified atom stereocenters. The number of hydrogen-bond acceptors (Lipinski definition) is 4. The first kappa shape index (κ1) is 15.2. The molecule has 0 aliphatic carbocycles. The summed E-state index contributed by atoms with van der Waals surface area (Å²) in [6.45, 7) is 12.4. The maximum absolute atomic E-state index is 11.3. The Labute approximate surface area is 125 Å². The van der Waals surface area contributed by atoms with Crippen molar-refractivity contribution in [2.24, 2.45) is 0 Å². The number of anilines is 1. The van der Waals surface area contributed by atoms with Crippen molar-refractivity contribution in [3.8, 4) is 5.75 Å². The van der Waals surface area contributed by atoms with Crippen LogP contribution in [0, 0.1) is 6.92 Å². The zero-order chi connectivity index (χ0) is 15.6. The van der Waals surface area contributed by atoms with E-state index in [2.05, 4.69) is 17.2 Å². The van der Waals surface area contributed by atoms with Crippen molar-refractivity contribution < 1.29 is 14.3 Å². The minimum atomic E-state index is -0.275. The second-order valence-electron chi connectivity index (χ2n) is 6.05. The van der Waals surface area contributed by atoms with Gasteiger partial charge in [0.15, 0.2) is 12.5 Å². The Morgan fingerprint density at radius 1 is 1.48 bits per heavy atom. The van der Waals surface area contributed by atoms with E-state index in [9.17, 15) is 4.79 Å². The lowest BCUT2D eigenvalue weighted by Gasteiger charge is -2.24. The Morgan fingerprint density at radius 2 is 2.19 bits per heavy atom. The van der Waals surface area contributed by atoms with Gasteiger partial charge >= 0.3 is 0 Å². The molecule has 5 nitrogen and oxygen atoms in total. The van der Waals surface area contributed by atoms with Crippen LogP contribution in [0.3, 0.4) is 0 Å². The smallest absolute Gasteiger partial charge is 0.262 e. The van der Waals surface area contributed by atoms with Crippen molar-refractivity contribution >= 4 is 11.6 Å². The fraction of sp³-hybridized carbons (Fsp3) is 0.438. The van der Waals surface area contributed by atoms with Crippen LogP contribution in [0.2, 0.25) is 0 Å². The highest BCUT2D eigenvalue weighted by Gasteiger charge is 2.19. The van der Waals surface area contributed by atoms with Crippen LogP contribution in [-0.2, 0) is 16.1 Å². The van der Waals surface area contributed by atoms with E-state index < -0.39 is 0 Å². The second kappa shape index (κ2) is 5.68. The summed E-state index contributed by atoms with van der Waals surface area (Å²) in [5, 5.41) is 5.95. The molecule has 0 bridgehead atoms. The van der Waals surface area contributed by atoms with E-state index in [1.165, 1.54) is 0 Å². The zero-order valence-electron chi connectivity index (χ0n) is 13.0. The number of nitrogens with one attached hydrogen (secondary N) is 2.